The van der Waals surface area contributed by atoms with Crippen molar-refractivity contribution in [2.45, 2.75) is 6.54 Å². The predicted octanol–water partition coefficient (Wildman–Crippen LogP) is 4.75. The Morgan fingerprint density at radius 1 is 1.10 bits per heavy atom. The molecule has 0 saturated carbocycles. The second-order valence-electron chi connectivity index (χ2n) is 4.11. The molecule has 0 spiro atoms. The maximum atomic E-state index is 13.7. The lowest BCUT2D eigenvalue weighted by atomic mass is 10.2. The van der Waals surface area contributed by atoms with Gasteiger partial charge in [-0.05, 0) is 24.3 Å². The van der Waals surface area contributed by atoms with Gasteiger partial charge in [0.2, 0.25) is 0 Å². The van der Waals surface area contributed by atoms with Crippen LogP contribution in [0.3, 0.4) is 0 Å². The minimum Gasteiger partial charge on any atom is -0.378 e. The van der Waals surface area contributed by atoms with Crippen LogP contribution in [0, 0.1) is 5.82 Å². The average Bonchev–Trinajstić information content (AvgIpc) is 2.88. The molecule has 3 nitrogen and oxygen atoms in total. The summed E-state index contributed by atoms with van der Waals surface area (Å²) in [6, 6.07) is 8.11. The molecular weight excluding hydrogens is 320 g/mol. The number of rotatable bonds is 3. The number of halogens is 3. The highest BCUT2D eigenvalue weighted by molar-refractivity contribution is 7.00. The molecule has 0 aliphatic rings. The highest BCUT2D eigenvalue weighted by atomic mass is 35.5. The lowest BCUT2D eigenvalue weighted by Crippen LogP contribution is -2.03. The van der Waals surface area contributed by atoms with Crippen molar-refractivity contribution in [2.24, 2.45) is 0 Å². The third-order valence-electron chi connectivity index (χ3n) is 2.88. The predicted molar refractivity (Wildman–Crippen MR) is 81.2 cm³/mol. The third kappa shape index (κ3) is 2.44. The number of nitrogens with zero attached hydrogens (tertiary/aromatic N) is 2. The monoisotopic (exact) mass is 327 g/mol. The molecule has 0 atom stereocenters. The van der Waals surface area contributed by atoms with Gasteiger partial charge in [0.25, 0.3) is 0 Å². The Balaban J connectivity index is 1.94. The molecule has 0 radical (unpaired) electrons. The van der Waals surface area contributed by atoms with Crippen molar-refractivity contribution < 1.29 is 4.39 Å². The summed E-state index contributed by atoms with van der Waals surface area (Å²) in [5.41, 5.74) is 2.46. The lowest BCUT2D eigenvalue weighted by Gasteiger charge is -2.10. The second-order valence-corrected chi connectivity index (χ2v) is 5.45. The zero-order valence-electron chi connectivity index (χ0n) is 10.0. The van der Waals surface area contributed by atoms with Crippen molar-refractivity contribution >= 4 is 51.7 Å². The van der Waals surface area contributed by atoms with Crippen LogP contribution in [0.15, 0.2) is 30.3 Å². The Bertz CT molecular complexity index is 755. The van der Waals surface area contributed by atoms with Gasteiger partial charge in [0.1, 0.15) is 16.9 Å². The highest BCUT2D eigenvalue weighted by Gasteiger charge is 2.12. The molecule has 0 amide bonds. The van der Waals surface area contributed by atoms with Crippen LogP contribution in [0.25, 0.3) is 11.0 Å². The van der Waals surface area contributed by atoms with Crippen molar-refractivity contribution in [3.63, 3.8) is 0 Å². The molecule has 1 N–H and O–H groups in total. The van der Waals surface area contributed by atoms with Crippen LogP contribution >= 0.6 is 34.9 Å². The SMILES string of the molecule is Fc1cccc(Cl)c1CNc1c(Cl)ccc2nsnc12. The summed E-state index contributed by atoms with van der Waals surface area (Å²) in [5.74, 6) is -0.357. The van der Waals surface area contributed by atoms with Gasteiger partial charge in [0.05, 0.1) is 22.4 Å². The molecule has 3 aromatic rings. The number of nitrogens with one attached hydrogen (secondary N) is 1. The summed E-state index contributed by atoms with van der Waals surface area (Å²) < 4.78 is 22.1. The number of aromatic nitrogens is 2. The molecule has 20 heavy (non-hydrogen) atoms. The van der Waals surface area contributed by atoms with E-state index in [2.05, 4.69) is 14.1 Å². The van der Waals surface area contributed by atoms with Crippen molar-refractivity contribution in [1.29, 1.82) is 0 Å². The standard InChI is InChI=1S/C13H8Cl2FN3S/c14-8-2-1-3-10(16)7(8)6-17-12-9(15)4-5-11-13(12)19-20-18-11/h1-5,17H,6H2. The number of anilines is 1. The topological polar surface area (TPSA) is 37.8 Å². The minimum absolute atomic E-state index is 0.224. The molecule has 1 aromatic heterocycles. The van der Waals surface area contributed by atoms with E-state index >= 15 is 0 Å². The first-order valence-corrected chi connectivity index (χ1v) is 7.23. The van der Waals surface area contributed by atoms with Gasteiger partial charge in [0, 0.05) is 17.1 Å². The Morgan fingerprint density at radius 3 is 2.75 bits per heavy atom. The van der Waals surface area contributed by atoms with E-state index in [1.165, 1.54) is 6.07 Å². The van der Waals surface area contributed by atoms with Gasteiger partial charge in [-0.3, -0.25) is 0 Å². The Hall–Kier alpha value is -1.43. The van der Waals surface area contributed by atoms with Gasteiger partial charge in [-0.25, -0.2) is 4.39 Å². The van der Waals surface area contributed by atoms with E-state index in [1.54, 1.807) is 24.3 Å². The summed E-state index contributed by atoms with van der Waals surface area (Å²) in [6.07, 6.45) is 0. The van der Waals surface area contributed by atoms with E-state index in [1.807, 2.05) is 0 Å². The highest BCUT2D eigenvalue weighted by Crippen LogP contribution is 2.31. The van der Waals surface area contributed by atoms with E-state index in [0.29, 0.717) is 26.8 Å². The zero-order chi connectivity index (χ0) is 14.1. The van der Waals surface area contributed by atoms with Crippen LogP contribution in [0.5, 0.6) is 0 Å². The van der Waals surface area contributed by atoms with Gasteiger partial charge >= 0.3 is 0 Å². The number of hydrogen-bond acceptors (Lipinski definition) is 4. The minimum atomic E-state index is -0.357. The third-order valence-corrected chi connectivity index (χ3v) is 4.09. The van der Waals surface area contributed by atoms with Gasteiger partial charge < -0.3 is 5.32 Å². The van der Waals surface area contributed by atoms with Crippen LogP contribution in [-0.4, -0.2) is 8.75 Å². The molecule has 0 saturated heterocycles. The second kappa shape index (κ2) is 5.52. The van der Waals surface area contributed by atoms with Crippen LogP contribution in [0.2, 0.25) is 10.0 Å². The lowest BCUT2D eigenvalue weighted by molar-refractivity contribution is 0.613. The molecule has 0 unspecified atom stereocenters. The van der Waals surface area contributed by atoms with Crippen LogP contribution in [0.4, 0.5) is 10.1 Å². The Morgan fingerprint density at radius 2 is 1.95 bits per heavy atom. The number of hydrogen-bond donors (Lipinski definition) is 1. The zero-order valence-corrected chi connectivity index (χ0v) is 12.4. The van der Waals surface area contributed by atoms with Gasteiger partial charge in [0.15, 0.2) is 0 Å². The molecule has 3 rings (SSSR count). The van der Waals surface area contributed by atoms with Crippen LogP contribution < -0.4 is 5.32 Å². The van der Waals surface area contributed by atoms with Crippen molar-refractivity contribution in [1.82, 2.24) is 8.75 Å². The first-order valence-electron chi connectivity index (χ1n) is 5.74. The fourth-order valence-electron chi connectivity index (χ4n) is 1.87. The van der Waals surface area contributed by atoms with Crippen molar-refractivity contribution in [3.8, 4) is 0 Å². The summed E-state index contributed by atoms with van der Waals surface area (Å²) in [5, 5.41) is 3.97. The first-order chi connectivity index (χ1) is 9.66. The van der Waals surface area contributed by atoms with Gasteiger partial charge in [-0.15, -0.1) is 0 Å². The van der Waals surface area contributed by atoms with E-state index in [0.717, 1.165) is 17.2 Å². The summed E-state index contributed by atoms with van der Waals surface area (Å²) in [6.45, 7) is 0.224. The molecule has 2 aromatic carbocycles. The summed E-state index contributed by atoms with van der Waals surface area (Å²) in [7, 11) is 0. The Kier molecular flexibility index (Phi) is 3.74. The maximum absolute atomic E-state index is 13.7. The van der Waals surface area contributed by atoms with E-state index in [4.69, 9.17) is 23.2 Å². The first kappa shape index (κ1) is 13.5. The van der Waals surface area contributed by atoms with Gasteiger partial charge in [-0.1, -0.05) is 29.3 Å². The molecule has 0 aliphatic carbocycles. The fourth-order valence-corrected chi connectivity index (χ4v) is 2.86. The van der Waals surface area contributed by atoms with E-state index in [9.17, 15) is 4.39 Å². The number of fused-ring (bicyclic) bond motifs is 1. The normalized spacial score (nSPS) is 10.9. The van der Waals surface area contributed by atoms with Crippen molar-refractivity contribution in [3.05, 3.63) is 51.8 Å². The van der Waals surface area contributed by atoms with Crippen LogP contribution in [0.1, 0.15) is 5.56 Å². The van der Waals surface area contributed by atoms with E-state index in [-0.39, 0.29) is 12.4 Å². The fraction of sp³-hybridized carbons (Fsp3) is 0.0769. The molecule has 7 heteroatoms. The average molecular weight is 328 g/mol. The molecule has 0 aliphatic heterocycles. The summed E-state index contributed by atoms with van der Waals surface area (Å²) in [4.78, 5) is 0. The van der Waals surface area contributed by atoms with E-state index < -0.39 is 0 Å². The molecule has 1 heterocycles. The summed E-state index contributed by atoms with van der Waals surface area (Å²) >= 11 is 13.3. The molecule has 0 fully saturated rings. The Labute approximate surface area is 128 Å². The molecule has 0 bridgehead atoms. The molecule has 102 valence electrons. The van der Waals surface area contributed by atoms with Crippen molar-refractivity contribution in [2.75, 3.05) is 5.32 Å². The number of benzene rings is 2. The van der Waals surface area contributed by atoms with Crippen LogP contribution in [-0.2, 0) is 6.54 Å². The van der Waals surface area contributed by atoms with Gasteiger partial charge in [-0.2, -0.15) is 8.75 Å². The smallest absolute Gasteiger partial charge is 0.129 e. The quantitative estimate of drug-likeness (QED) is 0.754. The largest absolute Gasteiger partial charge is 0.378 e. The molecular formula is C13H8Cl2FN3S. The maximum Gasteiger partial charge on any atom is 0.129 e.